The molecule has 0 radical (unpaired) electrons. The van der Waals surface area contributed by atoms with Gasteiger partial charge < -0.3 is 9.30 Å². The van der Waals surface area contributed by atoms with Crippen LogP contribution in [0, 0.1) is 5.41 Å². The summed E-state index contributed by atoms with van der Waals surface area (Å²) < 4.78 is 47.5. The number of alkyl halides is 3. The summed E-state index contributed by atoms with van der Waals surface area (Å²) >= 11 is 0.229. The summed E-state index contributed by atoms with van der Waals surface area (Å²) in [6, 6.07) is 15.6. The van der Waals surface area contributed by atoms with Crippen LogP contribution in [0.4, 0.5) is 13.2 Å². The lowest BCUT2D eigenvalue weighted by atomic mass is 9.98. The zero-order chi connectivity index (χ0) is 27.0. The highest BCUT2D eigenvalue weighted by Gasteiger charge is 2.46. The number of ether oxygens (including phenoxy) is 1. The van der Waals surface area contributed by atoms with Crippen molar-refractivity contribution in [1.29, 1.82) is 5.41 Å². The summed E-state index contributed by atoms with van der Waals surface area (Å²) in [5, 5.41) is 12.0. The lowest BCUT2D eigenvalue weighted by Gasteiger charge is -2.20. The molecule has 0 saturated heterocycles. The largest absolute Gasteiger partial charge is 0.491 e. The maximum atomic E-state index is 13.1. The molecule has 3 heterocycles. The number of nitrogens with one attached hydrogen (secondary N) is 1. The van der Waals surface area contributed by atoms with E-state index in [-0.39, 0.29) is 22.5 Å². The van der Waals surface area contributed by atoms with Crippen molar-refractivity contribution >= 4 is 50.7 Å². The van der Waals surface area contributed by atoms with Crippen molar-refractivity contribution in [2.24, 2.45) is 10.1 Å². The smallest absolute Gasteiger partial charge is 0.441 e. The number of rotatable bonds is 7. The molecule has 1 atom stereocenters. The topological polar surface area (TPSA) is 83.0 Å². The predicted octanol–water partition coefficient (Wildman–Crippen LogP) is 6.42. The van der Waals surface area contributed by atoms with Gasteiger partial charge in [-0.2, -0.15) is 28.3 Å². The second-order valence-corrected chi connectivity index (χ2v) is 9.87. The van der Waals surface area contributed by atoms with E-state index in [0.717, 1.165) is 33.6 Å². The van der Waals surface area contributed by atoms with Crippen molar-refractivity contribution in [3.8, 4) is 5.75 Å². The van der Waals surface area contributed by atoms with Gasteiger partial charge in [0.2, 0.25) is 10.2 Å². The van der Waals surface area contributed by atoms with Crippen LogP contribution in [0.5, 0.6) is 5.75 Å². The Bertz CT molecular complexity index is 1520. The lowest BCUT2D eigenvalue weighted by molar-refractivity contribution is -0.114. The molecule has 2 aliphatic rings. The molecule has 0 fully saturated rings. The number of amidine groups is 2. The minimum atomic E-state index is -4.69. The normalized spacial score (nSPS) is 17.6. The maximum Gasteiger partial charge on any atom is 0.441 e. The minimum absolute atomic E-state index is 0.136. The third-order valence-corrected chi connectivity index (χ3v) is 7.42. The number of para-hydroxylation sites is 2. The number of aromatic nitrogens is 1. The number of hydrogen-bond acceptors (Lipinski definition) is 5. The van der Waals surface area contributed by atoms with Gasteiger partial charge in [0.25, 0.3) is 5.91 Å². The monoisotopic (exact) mass is 539 g/mol. The van der Waals surface area contributed by atoms with E-state index in [4.69, 9.17) is 10.1 Å². The molecule has 196 valence electrons. The first-order chi connectivity index (χ1) is 18.2. The number of amides is 1. The third kappa shape index (κ3) is 4.85. The van der Waals surface area contributed by atoms with Crippen molar-refractivity contribution < 1.29 is 22.7 Å². The first kappa shape index (κ1) is 25.8. The molecule has 1 unspecified atom stereocenters. The van der Waals surface area contributed by atoms with Gasteiger partial charge in [-0.25, -0.2) is 0 Å². The van der Waals surface area contributed by atoms with Crippen molar-refractivity contribution in [1.82, 2.24) is 9.58 Å². The van der Waals surface area contributed by atoms with Crippen molar-refractivity contribution in [2.45, 2.75) is 38.9 Å². The molecule has 0 aliphatic carbocycles. The third-order valence-electron chi connectivity index (χ3n) is 6.47. The zero-order valence-electron chi connectivity index (χ0n) is 20.6. The SMILES string of the molecule is CCC(C)c1ccccc1OCCn1cc(/C=C2/C(=N)N3N=C(C(F)(F)F)SC3=NC2=O)c2ccccc21. The van der Waals surface area contributed by atoms with E-state index in [0.29, 0.717) is 24.6 Å². The van der Waals surface area contributed by atoms with Crippen LogP contribution in [0.15, 0.2) is 70.4 Å². The standard InChI is InChI=1S/C27H24F3N5O2S/c1-3-16(2)18-8-5-7-11-22(18)37-13-12-34-15-17(19-9-4-6-10-21(19)34)14-20-23(31)35-26(32-24(20)36)38-25(33-35)27(28,29)30/h4-11,14-16,31H,3,12-13H2,1-2H3/b20-14-,31-23?. The number of nitrogens with zero attached hydrogens (tertiary/aromatic N) is 4. The van der Waals surface area contributed by atoms with Crippen molar-refractivity contribution in [3.63, 3.8) is 0 Å². The van der Waals surface area contributed by atoms with E-state index in [2.05, 4.69) is 30.0 Å². The van der Waals surface area contributed by atoms with Crippen LogP contribution in [0.2, 0.25) is 0 Å². The Hall–Kier alpha value is -3.86. The molecule has 2 aliphatic heterocycles. The first-order valence-electron chi connectivity index (χ1n) is 12.0. The van der Waals surface area contributed by atoms with E-state index >= 15 is 0 Å². The first-order valence-corrected chi connectivity index (χ1v) is 12.9. The van der Waals surface area contributed by atoms with E-state index in [9.17, 15) is 18.0 Å². The van der Waals surface area contributed by atoms with Gasteiger partial charge in [0.1, 0.15) is 12.4 Å². The van der Waals surface area contributed by atoms with E-state index in [1.54, 1.807) is 0 Å². The van der Waals surface area contributed by atoms with Crippen LogP contribution in [-0.2, 0) is 11.3 Å². The Labute approximate surface area is 221 Å². The number of thioether (sulfide) groups is 1. The molecule has 0 spiro atoms. The van der Waals surface area contributed by atoms with Crippen molar-refractivity contribution in [3.05, 3.63) is 71.4 Å². The summed E-state index contributed by atoms with van der Waals surface area (Å²) in [6.45, 7) is 5.23. The zero-order valence-corrected chi connectivity index (χ0v) is 21.4. The Morgan fingerprint density at radius 3 is 2.66 bits per heavy atom. The van der Waals surface area contributed by atoms with Gasteiger partial charge in [-0.05, 0) is 47.9 Å². The molecule has 5 rings (SSSR count). The number of benzene rings is 2. The Morgan fingerprint density at radius 2 is 1.89 bits per heavy atom. The molecule has 1 amide bonds. The molecule has 1 N–H and O–H groups in total. The quantitative estimate of drug-likeness (QED) is 0.352. The maximum absolute atomic E-state index is 13.1. The van der Waals surface area contributed by atoms with Crippen molar-refractivity contribution in [2.75, 3.05) is 6.61 Å². The molecule has 1 aromatic heterocycles. The summed E-state index contributed by atoms with van der Waals surface area (Å²) in [5.74, 6) is -0.0190. The molecule has 38 heavy (non-hydrogen) atoms. The average Bonchev–Trinajstić information content (AvgIpc) is 3.48. The predicted molar refractivity (Wildman–Crippen MR) is 144 cm³/mol. The minimum Gasteiger partial charge on any atom is -0.491 e. The van der Waals surface area contributed by atoms with E-state index in [1.807, 2.05) is 53.2 Å². The second kappa shape index (κ2) is 10.1. The number of fused-ring (bicyclic) bond motifs is 2. The summed E-state index contributed by atoms with van der Waals surface area (Å²) in [5.41, 5.74) is 2.55. The number of aliphatic imine (C=N–C) groups is 1. The average molecular weight is 540 g/mol. The van der Waals surface area contributed by atoms with Crippen LogP contribution in [0.1, 0.15) is 37.3 Å². The lowest BCUT2D eigenvalue weighted by Crippen LogP contribution is -2.35. The molecule has 7 nitrogen and oxygen atoms in total. The molecule has 0 bridgehead atoms. The highest BCUT2D eigenvalue weighted by Crippen LogP contribution is 2.36. The van der Waals surface area contributed by atoms with Crippen LogP contribution in [-0.4, -0.2) is 44.3 Å². The fraction of sp³-hybridized carbons (Fsp3) is 0.259. The summed E-state index contributed by atoms with van der Waals surface area (Å²) in [7, 11) is 0. The number of halogens is 3. The number of carbonyl (C=O) groups is 1. The van der Waals surface area contributed by atoms with Crippen LogP contribution in [0.25, 0.3) is 17.0 Å². The molecule has 11 heteroatoms. The van der Waals surface area contributed by atoms with Gasteiger partial charge in [-0.3, -0.25) is 10.2 Å². The fourth-order valence-electron chi connectivity index (χ4n) is 4.33. The number of carbonyl (C=O) groups excluding carboxylic acids is 1. The highest BCUT2D eigenvalue weighted by molar-refractivity contribution is 8.27. The van der Waals surface area contributed by atoms with Crippen LogP contribution < -0.4 is 4.74 Å². The van der Waals surface area contributed by atoms with E-state index < -0.39 is 23.0 Å². The van der Waals surface area contributed by atoms with Gasteiger partial charge in [0.15, 0.2) is 5.84 Å². The van der Waals surface area contributed by atoms with Crippen LogP contribution in [0.3, 0.4) is 0 Å². The molecular weight excluding hydrogens is 515 g/mol. The summed E-state index contributed by atoms with van der Waals surface area (Å²) in [4.78, 5) is 16.4. The Balaban J connectivity index is 1.41. The molecular formula is C27H24F3N5O2S. The van der Waals surface area contributed by atoms with E-state index in [1.165, 1.54) is 6.08 Å². The van der Waals surface area contributed by atoms with Gasteiger partial charge in [-0.15, -0.1) is 0 Å². The summed E-state index contributed by atoms with van der Waals surface area (Å²) in [6.07, 6.45) is -0.375. The highest BCUT2D eigenvalue weighted by atomic mass is 32.2. The molecule has 0 saturated carbocycles. The molecule has 2 aromatic carbocycles. The van der Waals surface area contributed by atoms with Gasteiger partial charge in [0.05, 0.1) is 12.1 Å². The fourth-order valence-corrected chi connectivity index (χ4v) is 5.09. The number of hydrogen-bond donors (Lipinski definition) is 1. The Morgan fingerprint density at radius 1 is 1.16 bits per heavy atom. The molecule has 3 aromatic rings. The van der Waals surface area contributed by atoms with Gasteiger partial charge in [0, 0.05) is 22.7 Å². The Kier molecular flexibility index (Phi) is 6.87. The second-order valence-electron chi connectivity index (χ2n) is 8.91. The number of hydrazone groups is 1. The van der Waals surface area contributed by atoms with Gasteiger partial charge in [-0.1, -0.05) is 50.2 Å². The van der Waals surface area contributed by atoms with Gasteiger partial charge >= 0.3 is 6.18 Å². The van der Waals surface area contributed by atoms with Crippen LogP contribution >= 0.6 is 11.8 Å².